The second-order valence-corrected chi connectivity index (χ2v) is 12.0. The zero-order valence-electron chi connectivity index (χ0n) is 22.9. The van der Waals surface area contributed by atoms with Crippen molar-refractivity contribution in [2.24, 2.45) is 17.8 Å². The maximum Gasteiger partial charge on any atom is 0.420 e. The molecule has 3 aliphatic rings. The molecule has 2 aromatic rings. The molecule has 2 aliphatic heterocycles. The average molecular weight is 532 g/mol. The van der Waals surface area contributed by atoms with Crippen molar-refractivity contribution >= 4 is 16.7 Å². The third-order valence-corrected chi connectivity index (χ3v) is 9.63. The molecular formula is C31H40F3NO3. The number of hydrogen-bond acceptors (Lipinski definition) is 4. The van der Waals surface area contributed by atoms with Crippen molar-refractivity contribution in [3.63, 3.8) is 0 Å². The first kappa shape index (κ1) is 27.3. The minimum atomic E-state index is -4.51. The van der Waals surface area contributed by atoms with Crippen molar-refractivity contribution in [1.29, 1.82) is 0 Å². The van der Waals surface area contributed by atoms with Crippen molar-refractivity contribution in [2.45, 2.75) is 103 Å². The van der Waals surface area contributed by atoms with Gasteiger partial charge in [0, 0.05) is 18.1 Å². The van der Waals surface area contributed by atoms with Crippen LogP contribution in [0, 0.1) is 17.8 Å². The number of methoxy groups -OCH3 is 1. The van der Waals surface area contributed by atoms with Crippen molar-refractivity contribution in [3.8, 4) is 5.75 Å². The summed E-state index contributed by atoms with van der Waals surface area (Å²) in [5, 5.41) is 0.766. The number of halogens is 3. The molecule has 0 aromatic heterocycles. The molecule has 2 saturated heterocycles. The van der Waals surface area contributed by atoms with Gasteiger partial charge in [0.2, 0.25) is 0 Å². The van der Waals surface area contributed by atoms with Crippen molar-refractivity contribution in [2.75, 3.05) is 7.11 Å². The fourth-order valence-corrected chi connectivity index (χ4v) is 7.34. The number of benzene rings is 2. The smallest absolute Gasteiger partial charge is 0.420 e. The number of nitrogens with zero attached hydrogens (tertiary/aromatic N) is 1. The summed E-state index contributed by atoms with van der Waals surface area (Å²) >= 11 is 0. The summed E-state index contributed by atoms with van der Waals surface area (Å²) in [6, 6.07) is 9.26. The van der Waals surface area contributed by atoms with Crippen LogP contribution in [0.25, 0.3) is 10.8 Å². The number of carbonyl (C=O) groups is 1. The second-order valence-electron chi connectivity index (χ2n) is 12.0. The summed E-state index contributed by atoms with van der Waals surface area (Å²) < 4.78 is 54.2. The van der Waals surface area contributed by atoms with E-state index >= 15 is 0 Å². The molecule has 2 aromatic carbocycles. The summed E-state index contributed by atoms with van der Waals surface area (Å²) in [7, 11) is 1.45. The van der Waals surface area contributed by atoms with E-state index in [2.05, 4.69) is 25.7 Å². The summed E-state index contributed by atoms with van der Waals surface area (Å²) in [5.41, 5.74) is 0.332. The molecule has 7 heteroatoms. The van der Waals surface area contributed by atoms with Crippen LogP contribution in [-0.2, 0) is 15.7 Å². The third kappa shape index (κ3) is 5.28. The molecule has 0 radical (unpaired) electrons. The lowest BCUT2D eigenvalue weighted by Gasteiger charge is -2.51. The van der Waals surface area contributed by atoms with Crippen LogP contribution in [0.4, 0.5) is 13.2 Å². The Balaban J connectivity index is 1.42. The summed E-state index contributed by atoms with van der Waals surface area (Å²) in [6.07, 6.45) is 2.58. The number of fused-ring (bicyclic) bond motifs is 3. The molecule has 4 nitrogen and oxygen atoms in total. The molecule has 2 heterocycles. The Morgan fingerprint density at radius 3 is 2.32 bits per heavy atom. The molecule has 1 aliphatic carbocycles. The lowest BCUT2D eigenvalue weighted by Crippen LogP contribution is -2.54. The molecular weight excluding hydrogens is 491 g/mol. The SMILES string of the molecule is COC(=O)C1CC2CCCC(C1)N2C(C)c1ccc2c(C(F)(F)F)c(OC3CCC(C)[C@H](C)C3)ccc2c1. The number of ether oxygens (including phenoxy) is 2. The van der Waals surface area contributed by atoms with E-state index < -0.39 is 11.7 Å². The predicted octanol–water partition coefficient (Wildman–Crippen LogP) is 7.93. The van der Waals surface area contributed by atoms with Crippen LogP contribution < -0.4 is 4.74 Å². The van der Waals surface area contributed by atoms with E-state index in [1.54, 1.807) is 12.1 Å². The summed E-state index contributed by atoms with van der Waals surface area (Å²) in [5.74, 6) is 0.745. The molecule has 5 rings (SSSR count). The van der Waals surface area contributed by atoms with Gasteiger partial charge in [0.1, 0.15) is 11.3 Å². The Morgan fingerprint density at radius 2 is 1.68 bits per heavy atom. The first-order valence-corrected chi connectivity index (χ1v) is 14.2. The number of esters is 1. The van der Waals surface area contributed by atoms with E-state index in [4.69, 9.17) is 9.47 Å². The van der Waals surface area contributed by atoms with Gasteiger partial charge in [0.05, 0.1) is 19.1 Å². The van der Waals surface area contributed by atoms with Gasteiger partial charge in [-0.2, -0.15) is 13.2 Å². The molecule has 2 bridgehead atoms. The van der Waals surface area contributed by atoms with E-state index in [0.717, 1.165) is 56.9 Å². The Kier molecular flexibility index (Phi) is 7.69. The number of rotatable bonds is 5. The molecule has 1 saturated carbocycles. The van der Waals surface area contributed by atoms with Gasteiger partial charge in [-0.1, -0.05) is 38.5 Å². The van der Waals surface area contributed by atoms with E-state index in [1.165, 1.54) is 13.2 Å². The number of alkyl halides is 3. The minimum absolute atomic E-state index is 0.0456. The van der Waals surface area contributed by atoms with Crippen LogP contribution in [0.5, 0.6) is 5.75 Å². The fraction of sp³-hybridized carbons (Fsp3) is 0.645. The van der Waals surface area contributed by atoms with Crippen LogP contribution in [0.2, 0.25) is 0 Å². The highest BCUT2D eigenvalue weighted by Gasteiger charge is 2.43. The molecule has 38 heavy (non-hydrogen) atoms. The third-order valence-electron chi connectivity index (χ3n) is 9.63. The zero-order chi connectivity index (χ0) is 27.2. The van der Waals surface area contributed by atoms with E-state index in [0.29, 0.717) is 17.2 Å². The van der Waals surface area contributed by atoms with Crippen LogP contribution in [0.15, 0.2) is 30.3 Å². The van der Waals surface area contributed by atoms with Gasteiger partial charge in [-0.15, -0.1) is 0 Å². The molecule has 0 N–H and O–H groups in total. The first-order chi connectivity index (χ1) is 18.1. The van der Waals surface area contributed by atoms with E-state index in [-0.39, 0.29) is 47.3 Å². The highest BCUT2D eigenvalue weighted by molar-refractivity contribution is 5.89. The monoisotopic (exact) mass is 531 g/mol. The second kappa shape index (κ2) is 10.7. The highest BCUT2D eigenvalue weighted by Crippen LogP contribution is 2.45. The van der Waals surface area contributed by atoms with E-state index in [9.17, 15) is 18.0 Å². The zero-order valence-corrected chi connectivity index (χ0v) is 22.9. The first-order valence-electron chi connectivity index (χ1n) is 14.2. The van der Waals surface area contributed by atoms with Gasteiger partial charge in [-0.25, -0.2) is 0 Å². The topological polar surface area (TPSA) is 38.8 Å². The standard InChI is InChI=1S/C31H40F3NO3/c1-18-8-11-26(14-19(18)2)38-28-13-10-22-15-21(9-12-27(22)29(28)31(32,33)34)20(3)35-24-6-5-7-25(35)17-23(16-24)30(36)37-4/h9-10,12-13,15,18-20,23-26H,5-8,11,14,16-17H2,1-4H3/t18?,19-,20?,23?,24?,25?,26?/m1/s1. The number of carbonyl (C=O) groups excluding carboxylic acids is 1. The highest BCUT2D eigenvalue weighted by atomic mass is 19.4. The van der Waals surface area contributed by atoms with Crippen LogP contribution >= 0.6 is 0 Å². The normalized spacial score (nSPS) is 31.1. The van der Waals surface area contributed by atoms with Gasteiger partial charge in [0.15, 0.2) is 0 Å². The van der Waals surface area contributed by atoms with Crippen LogP contribution in [0.3, 0.4) is 0 Å². The van der Waals surface area contributed by atoms with Gasteiger partial charge < -0.3 is 9.47 Å². The average Bonchev–Trinajstić information content (AvgIpc) is 2.88. The lowest BCUT2D eigenvalue weighted by molar-refractivity contribution is -0.150. The van der Waals surface area contributed by atoms with Crippen molar-refractivity contribution in [1.82, 2.24) is 4.90 Å². The molecule has 6 atom stereocenters. The minimum Gasteiger partial charge on any atom is -0.490 e. The fourth-order valence-electron chi connectivity index (χ4n) is 7.34. The Hall–Kier alpha value is -2.28. The molecule has 208 valence electrons. The van der Waals surface area contributed by atoms with E-state index in [1.807, 2.05) is 12.1 Å². The van der Waals surface area contributed by atoms with Crippen molar-refractivity contribution < 1.29 is 27.4 Å². The van der Waals surface area contributed by atoms with Crippen LogP contribution in [-0.4, -0.2) is 36.2 Å². The quantitative estimate of drug-likeness (QED) is 0.367. The van der Waals surface area contributed by atoms with Gasteiger partial charge in [-0.05, 0) is 92.2 Å². The van der Waals surface area contributed by atoms with Crippen molar-refractivity contribution in [3.05, 3.63) is 41.5 Å². The lowest BCUT2D eigenvalue weighted by atomic mass is 9.77. The summed E-state index contributed by atoms with van der Waals surface area (Å²) in [4.78, 5) is 14.7. The van der Waals surface area contributed by atoms with Gasteiger partial charge >= 0.3 is 12.1 Å². The Labute approximate surface area is 223 Å². The largest absolute Gasteiger partial charge is 0.490 e. The summed E-state index contributed by atoms with van der Waals surface area (Å²) in [6.45, 7) is 6.49. The van der Waals surface area contributed by atoms with Gasteiger partial charge in [0.25, 0.3) is 0 Å². The Bertz CT molecular complexity index is 1150. The van der Waals surface area contributed by atoms with Crippen LogP contribution in [0.1, 0.15) is 89.3 Å². The number of piperidine rings is 2. The molecule has 0 amide bonds. The Morgan fingerprint density at radius 1 is 0.974 bits per heavy atom. The number of hydrogen-bond donors (Lipinski definition) is 0. The van der Waals surface area contributed by atoms with Gasteiger partial charge in [-0.3, -0.25) is 9.69 Å². The maximum absolute atomic E-state index is 14.4. The molecule has 5 unspecified atom stereocenters. The predicted molar refractivity (Wildman–Crippen MR) is 142 cm³/mol. The molecule has 3 fully saturated rings. The molecule has 0 spiro atoms. The maximum atomic E-state index is 14.4.